The number of hydrogen-bond acceptors (Lipinski definition) is 0. The molecule has 4 rings (SSSR count). The molecule has 0 bridgehead atoms. The monoisotopic (exact) mass is 334 g/mol. The molecule has 0 heterocycles. The van der Waals surface area contributed by atoms with Crippen LogP contribution in [0, 0.1) is 0 Å². The van der Waals surface area contributed by atoms with Gasteiger partial charge in [0.15, 0.2) is 0 Å². The zero-order valence-electron chi connectivity index (χ0n) is 11.8. The average Bonchev–Trinajstić information content (AvgIpc) is 2.85. The van der Waals surface area contributed by atoms with Crippen LogP contribution in [0.2, 0.25) is 0 Å². The first-order valence-electron chi connectivity index (χ1n) is 7.24. The van der Waals surface area contributed by atoms with Crippen molar-refractivity contribution in [2.45, 2.75) is 12.8 Å². The van der Waals surface area contributed by atoms with Crippen molar-refractivity contribution < 1.29 is 0 Å². The average molecular weight is 335 g/mol. The first kappa shape index (κ1) is 12.8. The van der Waals surface area contributed by atoms with Gasteiger partial charge in [-0.1, -0.05) is 83.5 Å². The summed E-state index contributed by atoms with van der Waals surface area (Å²) in [5.41, 5.74) is 5.50. The van der Waals surface area contributed by atoms with E-state index >= 15 is 0 Å². The van der Waals surface area contributed by atoms with Crippen molar-refractivity contribution in [2.75, 3.05) is 0 Å². The smallest absolute Gasteiger partial charge is 0.0219 e. The van der Waals surface area contributed by atoms with Crippen LogP contribution >= 0.6 is 15.9 Å². The largest absolute Gasteiger partial charge is 0.0616 e. The molecule has 0 radical (unpaired) electrons. The van der Waals surface area contributed by atoms with Crippen molar-refractivity contribution >= 4 is 38.4 Å². The Kier molecular flexibility index (Phi) is 2.97. The highest BCUT2D eigenvalue weighted by Crippen LogP contribution is 2.46. The van der Waals surface area contributed by atoms with Gasteiger partial charge in [-0.3, -0.25) is 0 Å². The van der Waals surface area contributed by atoms with Crippen LogP contribution < -0.4 is 0 Å². The summed E-state index contributed by atoms with van der Waals surface area (Å²) in [4.78, 5) is 0. The van der Waals surface area contributed by atoms with E-state index in [9.17, 15) is 0 Å². The lowest BCUT2D eigenvalue weighted by molar-refractivity contribution is 1.00. The maximum Gasteiger partial charge on any atom is 0.0219 e. The lowest BCUT2D eigenvalue weighted by Gasteiger charge is -2.15. The minimum atomic E-state index is 0.418. The van der Waals surface area contributed by atoms with Crippen molar-refractivity contribution in [2.24, 2.45) is 0 Å². The van der Waals surface area contributed by atoms with E-state index in [0.717, 1.165) is 0 Å². The Morgan fingerprint density at radius 2 is 1.62 bits per heavy atom. The van der Waals surface area contributed by atoms with E-state index in [0.29, 0.717) is 5.92 Å². The molecular weight excluding hydrogens is 320 g/mol. The Hall–Kier alpha value is -1.86. The number of benzene rings is 3. The second-order valence-electron chi connectivity index (χ2n) is 5.59. The minimum absolute atomic E-state index is 0.418. The summed E-state index contributed by atoms with van der Waals surface area (Å²) in [6, 6.07) is 21.6. The summed E-state index contributed by atoms with van der Waals surface area (Å²) in [6.45, 7) is 2.30. The third kappa shape index (κ3) is 1.96. The molecule has 3 aromatic carbocycles. The van der Waals surface area contributed by atoms with E-state index < -0.39 is 0 Å². The molecule has 0 saturated carbocycles. The van der Waals surface area contributed by atoms with E-state index in [1.807, 2.05) is 0 Å². The van der Waals surface area contributed by atoms with Crippen LogP contribution in [0.15, 0.2) is 65.1 Å². The van der Waals surface area contributed by atoms with E-state index in [4.69, 9.17) is 0 Å². The molecule has 1 unspecified atom stereocenters. The molecule has 0 aromatic heterocycles. The molecule has 0 amide bonds. The van der Waals surface area contributed by atoms with Crippen LogP contribution in [0.5, 0.6) is 0 Å². The Labute approximate surface area is 133 Å². The van der Waals surface area contributed by atoms with Crippen LogP contribution in [0.4, 0.5) is 0 Å². The molecule has 0 saturated heterocycles. The maximum absolute atomic E-state index is 3.70. The third-order valence-electron chi connectivity index (χ3n) is 4.40. The van der Waals surface area contributed by atoms with Crippen LogP contribution in [-0.4, -0.2) is 0 Å². The zero-order valence-corrected chi connectivity index (χ0v) is 13.4. The number of rotatable bonds is 1. The van der Waals surface area contributed by atoms with Gasteiger partial charge >= 0.3 is 0 Å². The summed E-state index contributed by atoms with van der Waals surface area (Å²) in [5, 5.41) is 2.64. The van der Waals surface area contributed by atoms with Crippen LogP contribution in [0.25, 0.3) is 22.4 Å². The van der Waals surface area contributed by atoms with Crippen molar-refractivity contribution in [1.82, 2.24) is 0 Å². The van der Waals surface area contributed by atoms with Crippen LogP contribution in [0.3, 0.4) is 0 Å². The van der Waals surface area contributed by atoms with Gasteiger partial charge in [0.1, 0.15) is 0 Å². The molecular formula is C20H15Br. The lowest BCUT2D eigenvalue weighted by Crippen LogP contribution is -1.95. The van der Waals surface area contributed by atoms with Crippen molar-refractivity contribution in [3.8, 4) is 0 Å². The fourth-order valence-electron chi connectivity index (χ4n) is 3.37. The summed E-state index contributed by atoms with van der Waals surface area (Å²) >= 11 is 3.70. The van der Waals surface area contributed by atoms with Crippen LogP contribution in [-0.2, 0) is 0 Å². The van der Waals surface area contributed by atoms with E-state index in [1.54, 1.807) is 0 Å². The molecule has 1 aliphatic carbocycles. The highest BCUT2D eigenvalue weighted by molar-refractivity contribution is 9.10. The quantitative estimate of drug-likeness (QED) is 0.492. The summed E-state index contributed by atoms with van der Waals surface area (Å²) < 4.78 is 1.21. The van der Waals surface area contributed by atoms with Gasteiger partial charge in [0.2, 0.25) is 0 Å². The maximum atomic E-state index is 3.70. The standard InChI is InChI=1S/C20H15Br/c1-13-18(12-15-8-5-11-19(21)20(13)15)17-10-4-7-14-6-2-3-9-16(14)17/h2-13H,1H3. The predicted octanol–water partition coefficient (Wildman–Crippen LogP) is 6.26. The van der Waals surface area contributed by atoms with Crippen molar-refractivity contribution in [1.29, 1.82) is 0 Å². The first-order chi connectivity index (χ1) is 10.3. The van der Waals surface area contributed by atoms with Gasteiger partial charge in [0.05, 0.1) is 0 Å². The molecule has 0 nitrogen and oxygen atoms in total. The summed E-state index contributed by atoms with van der Waals surface area (Å²) in [7, 11) is 0. The summed E-state index contributed by atoms with van der Waals surface area (Å²) in [5.74, 6) is 0.418. The molecule has 0 N–H and O–H groups in total. The summed E-state index contributed by atoms with van der Waals surface area (Å²) in [6.07, 6.45) is 2.34. The Balaban J connectivity index is 1.94. The molecule has 0 aliphatic heterocycles. The van der Waals surface area contributed by atoms with Gasteiger partial charge in [-0.15, -0.1) is 0 Å². The SMILES string of the molecule is CC1C(c2cccc3ccccc23)=Cc2cccc(Br)c21. The molecule has 1 heteroatoms. The molecule has 102 valence electrons. The topological polar surface area (TPSA) is 0 Å². The fourth-order valence-corrected chi connectivity index (χ4v) is 4.10. The number of fused-ring (bicyclic) bond motifs is 2. The van der Waals surface area contributed by atoms with Crippen LogP contribution in [0.1, 0.15) is 29.5 Å². The van der Waals surface area contributed by atoms with Gasteiger partial charge < -0.3 is 0 Å². The number of halogens is 1. The van der Waals surface area contributed by atoms with E-state index in [-0.39, 0.29) is 0 Å². The third-order valence-corrected chi connectivity index (χ3v) is 5.09. The molecule has 0 fully saturated rings. The molecule has 0 spiro atoms. The van der Waals surface area contributed by atoms with Gasteiger partial charge in [-0.25, -0.2) is 0 Å². The lowest BCUT2D eigenvalue weighted by atomic mass is 9.90. The van der Waals surface area contributed by atoms with Gasteiger partial charge in [-0.2, -0.15) is 0 Å². The second-order valence-corrected chi connectivity index (χ2v) is 6.45. The highest BCUT2D eigenvalue weighted by atomic mass is 79.9. The number of hydrogen-bond donors (Lipinski definition) is 0. The van der Waals surface area contributed by atoms with E-state index in [1.165, 1.54) is 37.5 Å². The molecule has 1 aliphatic rings. The highest BCUT2D eigenvalue weighted by Gasteiger charge is 2.25. The Morgan fingerprint density at radius 3 is 2.48 bits per heavy atom. The Morgan fingerprint density at radius 1 is 0.857 bits per heavy atom. The minimum Gasteiger partial charge on any atom is -0.0616 e. The van der Waals surface area contributed by atoms with Crippen molar-refractivity contribution in [3.63, 3.8) is 0 Å². The normalized spacial score (nSPS) is 16.9. The Bertz CT molecular complexity index is 869. The molecule has 1 atom stereocenters. The predicted molar refractivity (Wildman–Crippen MR) is 94.4 cm³/mol. The van der Waals surface area contributed by atoms with Gasteiger partial charge in [0.25, 0.3) is 0 Å². The number of allylic oxidation sites excluding steroid dienone is 1. The zero-order chi connectivity index (χ0) is 14.4. The molecule has 3 aromatic rings. The fraction of sp³-hybridized carbons (Fsp3) is 0.100. The van der Waals surface area contributed by atoms with Crippen molar-refractivity contribution in [3.05, 3.63) is 81.8 Å². The van der Waals surface area contributed by atoms with E-state index in [2.05, 4.69) is 89.6 Å². The second kappa shape index (κ2) is 4.85. The first-order valence-corrected chi connectivity index (χ1v) is 8.03. The van der Waals surface area contributed by atoms with Gasteiger partial charge in [-0.05, 0) is 39.1 Å². The van der Waals surface area contributed by atoms with Gasteiger partial charge in [0, 0.05) is 10.4 Å². The molecule has 21 heavy (non-hydrogen) atoms.